The van der Waals surface area contributed by atoms with E-state index >= 15 is 0 Å². The topological polar surface area (TPSA) is 32.5 Å². The van der Waals surface area contributed by atoms with Crippen LogP contribution < -0.4 is 10.6 Å². The van der Waals surface area contributed by atoms with Crippen LogP contribution in [0.2, 0.25) is 0 Å². The lowest BCUT2D eigenvalue weighted by Crippen LogP contribution is -2.46. The number of benzene rings is 1. The van der Waals surface area contributed by atoms with Gasteiger partial charge in [-0.3, -0.25) is 4.90 Å². The highest BCUT2D eigenvalue weighted by atomic mass is 15.3. The number of nitrogens with zero attached hydrogens (tertiary/aromatic N) is 2. The summed E-state index contributed by atoms with van der Waals surface area (Å²) in [6.07, 6.45) is 3.51. The molecule has 0 aromatic heterocycles. The van der Waals surface area contributed by atoms with E-state index in [0.29, 0.717) is 0 Å². The summed E-state index contributed by atoms with van der Waals surface area (Å²) in [4.78, 5) is 5.06. The average molecular weight is 261 g/mol. The largest absolute Gasteiger partial charge is 0.369 e. The van der Waals surface area contributed by atoms with Gasteiger partial charge in [0, 0.05) is 31.9 Å². The van der Waals surface area contributed by atoms with Crippen molar-refractivity contribution in [3.05, 3.63) is 29.8 Å². The summed E-state index contributed by atoms with van der Waals surface area (Å²) in [5.74, 6) is 0. The van der Waals surface area contributed by atoms with Crippen LogP contribution in [0.5, 0.6) is 0 Å². The van der Waals surface area contributed by atoms with Crippen LogP contribution >= 0.6 is 0 Å². The molecule has 1 aromatic carbocycles. The van der Waals surface area contributed by atoms with Crippen molar-refractivity contribution < 1.29 is 0 Å². The first kappa shape index (κ1) is 14.4. The molecule has 3 heteroatoms. The monoisotopic (exact) mass is 261 g/mol. The van der Waals surface area contributed by atoms with E-state index in [0.717, 1.165) is 32.5 Å². The summed E-state index contributed by atoms with van der Waals surface area (Å²) in [6, 6.07) is 9.04. The standard InChI is InChI=1S/C16H27N3/c1-2-15-5-7-16(8-6-15)19-13-11-18(12-14-19)10-4-3-9-17/h5-8H,2-4,9-14,17H2,1H3. The minimum Gasteiger partial charge on any atom is -0.369 e. The van der Waals surface area contributed by atoms with Crippen LogP contribution in [0.1, 0.15) is 25.3 Å². The Morgan fingerprint density at radius 1 is 1.00 bits per heavy atom. The second-order valence-corrected chi connectivity index (χ2v) is 5.34. The molecule has 1 aliphatic rings. The molecule has 0 aliphatic carbocycles. The fraction of sp³-hybridized carbons (Fsp3) is 0.625. The molecule has 2 N–H and O–H groups in total. The predicted molar refractivity (Wildman–Crippen MR) is 82.8 cm³/mol. The fourth-order valence-corrected chi connectivity index (χ4v) is 2.65. The van der Waals surface area contributed by atoms with Gasteiger partial charge in [0.05, 0.1) is 0 Å². The zero-order valence-electron chi connectivity index (χ0n) is 12.1. The lowest BCUT2D eigenvalue weighted by Gasteiger charge is -2.36. The molecule has 0 amide bonds. The Morgan fingerprint density at radius 2 is 1.68 bits per heavy atom. The Labute approximate surface area is 117 Å². The minimum atomic E-state index is 0.823. The normalized spacial score (nSPS) is 16.8. The van der Waals surface area contributed by atoms with E-state index in [1.807, 2.05) is 0 Å². The number of anilines is 1. The van der Waals surface area contributed by atoms with E-state index in [1.165, 1.54) is 37.3 Å². The van der Waals surface area contributed by atoms with Crippen LogP contribution in [0.25, 0.3) is 0 Å². The van der Waals surface area contributed by atoms with Crippen LogP contribution in [-0.4, -0.2) is 44.2 Å². The van der Waals surface area contributed by atoms with Crippen molar-refractivity contribution in [1.29, 1.82) is 0 Å². The summed E-state index contributed by atoms with van der Waals surface area (Å²) < 4.78 is 0. The molecular weight excluding hydrogens is 234 g/mol. The van der Waals surface area contributed by atoms with Crippen molar-refractivity contribution in [3.63, 3.8) is 0 Å². The number of hydrogen-bond donors (Lipinski definition) is 1. The maximum Gasteiger partial charge on any atom is 0.0367 e. The molecule has 0 radical (unpaired) electrons. The van der Waals surface area contributed by atoms with Crippen molar-refractivity contribution in [2.75, 3.05) is 44.2 Å². The molecule has 0 unspecified atom stereocenters. The summed E-state index contributed by atoms with van der Waals surface area (Å²) >= 11 is 0. The van der Waals surface area contributed by atoms with Crippen molar-refractivity contribution in [1.82, 2.24) is 4.90 Å². The Bertz CT molecular complexity index is 353. The number of aryl methyl sites for hydroxylation is 1. The van der Waals surface area contributed by atoms with E-state index in [4.69, 9.17) is 5.73 Å². The zero-order chi connectivity index (χ0) is 13.5. The summed E-state index contributed by atoms with van der Waals surface area (Å²) in [5.41, 5.74) is 8.33. The highest BCUT2D eigenvalue weighted by Gasteiger charge is 2.16. The minimum absolute atomic E-state index is 0.823. The van der Waals surface area contributed by atoms with Crippen LogP contribution in [-0.2, 0) is 6.42 Å². The third-order valence-electron chi connectivity index (χ3n) is 4.01. The quantitative estimate of drug-likeness (QED) is 0.796. The van der Waals surface area contributed by atoms with Gasteiger partial charge in [0.2, 0.25) is 0 Å². The Balaban J connectivity index is 1.78. The van der Waals surface area contributed by atoms with Gasteiger partial charge < -0.3 is 10.6 Å². The molecule has 0 spiro atoms. The lowest BCUT2D eigenvalue weighted by molar-refractivity contribution is 0.253. The smallest absolute Gasteiger partial charge is 0.0367 e. The molecule has 106 valence electrons. The van der Waals surface area contributed by atoms with Gasteiger partial charge in [0.15, 0.2) is 0 Å². The highest BCUT2D eigenvalue weighted by molar-refractivity contribution is 5.48. The van der Waals surface area contributed by atoms with Gasteiger partial charge in [-0.1, -0.05) is 19.1 Å². The SMILES string of the molecule is CCc1ccc(N2CCN(CCCCN)CC2)cc1. The van der Waals surface area contributed by atoms with E-state index < -0.39 is 0 Å². The van der Waals surface area contributed by atoms with Crippen LogP contribution in [0.3, 0.4) is 0 Å². The van der Waals surface area contributed by atoms with Crippen LogP contribution in [0.15, 0.2) is 24.3 Å². The van der Waals surface area contributed by atoms with Gasteiger partial charge >= 0.3 is 0 Å². The summed E-state index contributed by atoms with van der Waals surface area (Å²) in [7, 11) is 0. The summed E-state index contributed by atoms with van der Waals surface area (Å²) in [6.45, 7) is 8.89. The molecule has 0 saturated carbocycles. The first-order valence-corrected chi connectivity index (χ1v) is 7.60. The first-order valence-electron chi connectivity index (χ1n) is 7.60. The van der Waals surface area contributed by atoms with Crippen molar-refractivity contribution >= 4 is 5.69 Å². The van der Waals surface area contributed by atoms with Crippen molar-refractivity contribution in [2.24, 2.45) is 5.73 Å². The van der Waals surface area contributed by atoms with Crippen molar-refractivity contribution in [3.8, 4) is 0 Å². The summed E-state index contributed by atoms with van der Waals surface area (Å²) in [5, 5.41) is 0. The third kappa shape index (κ3) is 4.22. The molecule has 3 nitrogen and oxygen atoms in total. The predicted octanol–water partition coefficient (Wildman–Crippen LogP) is 2.11. The number of rotatable bonds is 6. The molecule has 1 heterocycles. The second-order valence-electron chi connectivity index (χ2n) is 5.34. The van der Waals surface area contributed by atoms with Gasteiger partial charge in [-0.2, -0.15) is 0 Å². The van der Waals surface area contributed by atoms with E-state index in [9.17, 15) is 0 Å². The molecule has 2 rings (SSSR count). The van der Waals surface area contributed by atoms with E-state index in [-0.39, 0.29) is 0 Å². The van der Waals surface area contributed by atoms with Crippen molar-refractivity contribution in [2.45, 2.75) is 26.2 Å². The fourth-order valence-electron chi connectivity index (χ4n) is 2.65. The molecule has 1 aliphatic heterocycles. The van der Waals surface area contributed by atoms with Gasteiger partial charge in [-0.25, -0.2) is 0 Å². The lowest BCUT2D eigenvalue weighted by atomic mass is 10.1. The molecule has 19 heavy (non-hydrogen) atoms. The van der Waals surface area contributed by atoms with Gasteiger partial charge in [0.1, 0.15) is 0 Å². The third-order valence-corrected chi connectivity index (χ3v) is 4.01. The maximum atomic E-state index is 5.54. The van der Waals surface area contributed by atoms with Gasteiger partial charge in [-0.05, 0) is 50.0 Å². The Hall–Kier alpha value is -1.06. The average Bonchev–Trinajstić information content (AvgIpc) is 2.48. The van der Waals surface area contributed by atoms with Crippen LogP contribution in [0.4, 0.5) is 5.69 Å². The van der Waals surface area contributed by atoms with E-state index in [1.54, 1.807) is 0 Å². The Morgan fingerprint density at radius 3 is 2.26 bits per heavy atom. The molecule has 1 aromatic rings. The zero-order valence-corrected chi connectivity index (χ0v) is 12.1. The van der Waals surface area contributed by atoms with E-state index in [2.05, 4.69) is 41.0 Å². The first-order chi connectivity index (χ1) is 9.33. The maximum absolute atomic E-state index is 5.54. The molecule has 0 bridgehead atoms. The molecule has 1 fully saturated rings. The highest BCUT2D eigenvalue weighted by Crippen LogP contribution is 2.17. The van der Waals surface area contributed by atoms with Crippen LogP contribution in [0, 0.1) is 0 Å². The van der Waals surface area contributed by atoms with Gasteiger partial charge in [-0.15, -0.1) is 0 Å². The molecule has 0 atom stereocenters. The molecule has 1 saturated heterocycles. The number of piperazine rings is 1. The molecular formula is C16H27N3. The number of nitrogens with two attached hydrogens (primary N) is 1. The second kappa shape index (κ2) is 7.51. The van der Waals surface area contributed by atoms with Gasteiger partial charge in [0.25, 0.3) is 0 Å². The number of unbranched alkanes of at least 4 members (excludes halogenated alkanes) is 1. The Kier molecular flexibility index (Phi) is 5.67. The number of hydrogen-bond acceptors (Lipinski definition) is 3.